The third kappa shape index (κ3) is 3.29. The number of aromatic nitrogens is 2. The average molecular weight is 238 g/mol. The maximum absolute atomic E-state index is 8.72. The molecule has 0 aliphatic heterocycles. The lowest BCUT2D eigenvalue weighted by molar-refractivity contribution is 0.996. The Bertz CT molecular complexity index is 555. The number of nitriles is 1. The van der Waals surface area contributed by atoms with Crippen LogP contribution >= 0.6 is 0 Å². The Labute approximate surface area is 106 Å². The van der Waals surface area contributed by atoms with Crippen molar-refractivity contribution in [3.63, 3.8) is 0 Å². The molecule has 0 aliphatic rings. The van der Waals surface area contributed by atoms with Gasteiger partial charge in [-0.25, -0.2) is 9.97 Å². The zero-order valence-electron chi connectivity index (χ0n) is 10.2. The largest absolute Gasteiger partial charge is 0.370 e. The first-order valence-corrected chi connectivity index (χ1v) is 5.79. The molecule has 90 valence electrons. The number of nitrogens with zero attached hydrogens (tertiary/aromatic N) is 3. The van der Waals surface area contributed by atoms with Gasteiger partial charge < -0.3 is 5.32 Å². The van der Waals surface area contributed by atoms with E-state index in [1.807, 2.05) is 6.07 Å². The van der Waals surface area contributed by atoms with E-state index in [0.29, 0.717) is 11.5 Å². The molecule has 0 saturated carbocycles. The fraction of sp³-hybridized carbons (Fsp3) is 0.214. The first-order valence-electron chi connectivity index (χ1n) is 5.79. The summed E-state index contributed by atoms with van der Waals surface area (Å²) in [7, 11) is 0. The Morgan fingerprint density at radius 3 is 2.72 bits per heavy atom. The summed E-state index contributed by atoms with van der Waals surface area (Å²) < 4.78 is 0. The molecule has 0 unspecified atom stereocenters. The molecule has 0 fully saturated rings. The standard InChI is InChI=1S/C14H14N4/c1-11-2-4-12(5-3-11)6-7-16-14-8-13(9-15)17-10-18-14/h2-5,8,10H,6-7H2,1H3,(H,16,17,18). The van der Waals surface area contributed by atoms with E-state index >= 15 is 0 Å². The van der Waals surface area contributed by atoms with E-state index in [1.165, 1.54) is 17.5 Å². The predicted molar refractivity (Wildman–Crippen MR) is 70.1 cm³/mol. The minimum absolute atomic E-state index is 0.378. The van der Waals surface area contributed by atoms with Crippen molar-refractivity contribution < 1.29 is 0 Å². The smallest absolute Gasteiger partial charge is 0.145 e. The quantitative estimate of drug-likeness (QED) is 0.887. The molecule has 2 rings (SSSR count). The number of nitrogens with one attached hydrogen (secondary N) is 1. The lowest BCUT2D eigenvalue weighted by Gasteiger charge is -2.05. The van der Waals surface area contributed by atoms with Crippen LogP contribution in [0, 0.1) is 18.3 Å². The summed E-state index contributed by atoms with van der Waals surface area (Å²) in [5, 5.41) is 11.9. The molecule has 1 heterocycles. The fourth-order valence-corrected chi connectivity index (χ4v) is 1.60. The highest BCUT2D eigenvalue weighted by Gasteiger charge is 1.97. The van der Waals surface area contributed by atoms with Gasteiger partial charge in [-0.1, -0.05) is 29.8 Å². The van der Waals surface area contributed by atoms with Crippen molar-refractivity contribution in [3.05, 3.63) is 53.5 Å². The van der Waals surface area contributed by atoms with Crippen LogP contribution in [-0.4, -0.2) is 16.5 Å². The first kappa shape index (κ1) is 12.1. The average Bonchev–Trinajstić information content (AvgIpc) is 2.41. The number of rotatable bonds is 4. The highest BCUT2D eigenvalue weighted by molar-refractivity contribution is 5.38. The zero-order chi connectivity index (χ0) is 12.8. The Morgan fingerprint density at radius 2 is 2.00 bits per heavy atom. The first-order chi connectivity index (χ1) is 8.78. The fourth-order valence-electron chi connectivity index (χ4n) is 1.60. The van der Waals surface area contributed by atoms with Gasteiger partial charge in [-0.05, 0) is 18.9 Å². The Hall–Kier alpha value is -2.41. The topological polar surface area (TPSA) is 61.6 Å². The lowest BCUT2D eigenvalue weighted by atomic mass is 10.1. The molecule has 0 aliphatic carbocycles. The molecule has 0 saturated heterocycles. The van der Waals surface area contributed by atoms with Crippen molar-refractivity contribution >= 4 is 5.82 Å². The van der Waals surface area contributed by atoms with Crippen molar-refractivity contribution in [2.75, 3.05) is 11.9 Å². The van der Waals surface area contributed by atoms with Crippen molar-refractivity contribution in [2.45, 2.75) is 13.3 Å². The number of hydrogen-bond acceptors (Lipinski definition) is 4. The second-order valence-electron chi connectivity index (χ2n) is 4.06. The van der Waals surface area contributed by atoms with E-state index in [9.17, 15) is 0 Å². The van der Waals surface area contributed by atoms with Crippen molar-refractivity contribution in [2.24, 2.45) is 0 Å². The predicted octanol–water partition coefficient (Wildman–Crippen LogP) is 2.31. The van der Waals surface area contributed by atoms with Gasteiger partial charge in [0, 0.05) is 12.6 Å². The molecule has 0 spiro atoms. The van der Waals surface area contributed by atoms with Crippen LogP contribution < -0.4 is 5.32 Å². The van der Waals surface area contributed by atoms with E-state index < -0.39 is 0 Å². The summed E-state index contributed by atoms with van der Waals surface area (Å²) in [6.45, 7) is 2.86. The molecular weight excluding hydrogens is 224 g/mol. The third-order valence-electron chi connectivity index (χ3n) is 2.62. The van der Waals surface area contributed by atoms with Crippen molar-refractivity contribution in [1.82, 2.24) is 9.97 Å². The van der Waals surface area contributed by atoms with Gasteiger partial charge in [0.1, 0.15) is 23.9 Å². The van der Waals surface area contributed by atoms with Crippen LogP contribution in [0.3, 0.4) is 0 Å². The van der Waals surface area contributed by atoms with Crippen molar-refractivity contribution in [1.29, 1.82) is 5.26 Å². The summed E-state index contributed by atoms with van der Waals surface area (Å²) >= 11 is 0. The molecule has 2 aromatic rings. The van der Waals surface area contributed by atoms with Gasteiger partial charge >= 0.3 is 0 Å². The van der Waals surface area contributed by atoms with Crippen LogP contribution in [0.2, 0.25) is 0 Å². The molecular formula is C14H14N4. The number of hydrogen-bond donors (Lipinski definition) is 1. The molecule has 0 bridgehead atoms. The second kappa shape index (κ2) is 5.78. The van der Waals surface area contributed by atoms with Gasteiger partial charge in [0.25, 0.3) is 0 Å². The molecule has 0 atom stereocenters. The number of aryl methyl sites for hydroxylation is 1. The zero-order valence-corrected chi connectivity index (χ0v) is 10.2. The highest BCUT2D eigenvalue weighted by atomic mass is 15.0. The van der Waals surface area contributed by atoms with Gasteiger partial charge in [0.2, 0.25) is 0 Å². The number of anilines is 1. The van der Waals surface area contributed by atoms with Gasteiger partial charge in [0.05, 0.1) is 0 Å². The van der Waals surface area contributed by atoms with E-state index in [4.69, 9.17) is 5.26 Å². The van der Waals surface area contributed by atoms with E-state index in [1.54, 1.807) is 6.07 Å². The minimum atomic E-state index is 0.378. The number of benzene rings is 1. The Kier molecular flexibility index (Phi) is 3.87. The van der Waals surface area contributed by atoms with Crippen LogP contribution in [0.5, 0.6) is 0 Å². The molecule has 18 heavy (non-hydrogen) atoms. The molecule has 1 N–H and O–H groups in total. The summed E-state index contributed by atoms with van der Waals surface area (Å²) in [4.78, 5) is 7.88. The van der Waals surface area contributed by atoms with E-state index in [0.717, 1.165) is 13.0 Å². The minimum Gasteiger partial charge on any atom is -0.370 e. The van der Waals surface area contributed by atoms with Crippen LogP contribution in [0.25, 0.3) is 0 Å². The van der Waals surface area contributed by atoms with Crippen LogP contribution in [-0.2, 0) is 6.42 Å². The highest BCUT2D eigenvalue weighted by Crippen LogP contribution is 2.06. The summed E-state index contributed by atoms with van der Waals surface area (Å²) in [5.74, 6) is 0.689. The van der Waals surface area contributed by atoms with Crippen LogP contribution in [0.1, 0.15) is 16.8 Å². The molecule has 0 radical (unpaired) electrons. The Balaban J connectivity index is 1.88. The van der Waals surface area contributed by atoms with Gasteiger partial charge in [-0.3, -0.25) is 0 Å². The van der Waals surface area contributed by atoms with Crippen molar-refractivity contribution in [3.8, 4) is 6.07 Å². The van der Waals surface area contributed by atoms with E-state index in [-0.39, 0.29) is 0 Å². The monoisotopic (exact) mass is 238 g/mol. The molecule has 0 amide bonds. The molecule has 1 aromatic heterocycles. The van der Waals surface area contributed by atoms with Crippen LogP contribution in [0.15, 0.2) is 36.7 Å². The van der Waals surface area contributed by atoms with E-state index in [2.05, 4.69) is 46.5 Å². The van der Waals surface area contributed by atoms with Gasteiger partial charge in [0.15, 0.2) is 0 Å². The SMILES string of the molecule is Cc1ccc(CCNc2cc(C#N)ncn2)cc1. The molecule has 1 aromatic carbocycles. The van der Waals surface area contributed by atoms with Gasteiger partial charge in [-0.15, -0.1) is 0 Å². The maximum atomic E-state index is 8.72. The van der Waals surface area contributed by atoms with Crippen LogP contribution in [0.4, 0.5) is 5.82 Å². The third-order valence-corrected chi connectivity index (χ3v) is 2.62. The molecule has 4 heteroatoms. The summed E-state index contributed by atoms with van der Waals surface area (Å²) in [6, 6.07) is 12.1. The maximum Gasteiger partial charge on any atom is 0.145 e. The summed E-state index contributed by atoms with van der Waals surface area (Å²) in [5.41, 5.74) is 2.92. The Morgan fingerprint density at radius 1 is 1.22 bits per heavy atom. The summed E-state index contributed by atoms with van der Waals surface area (Å²) in [6.07, 6.45) is 2.32. The lowest BCUT2D eigenvalue weighted by Crippen LogP contribution is -2.06. The molecule has 4 nitrogen and oxygen atoms in total. The van der Waals surface area contributed by atoms with Gasteiger partial charge in [-0.2, -0.15) is 5.26 Å². The normalized spacial score (nSPS) is 9.78. The second-order valence-corrected chi connectivity index (χ2v) is 4.06.